The van der Waals surface area contributed by atoms with Gasteiger partial charge in [0.25, 0.3) is 6.43 Å². The van der Waals surface area contributed by atoms with Crippen LogP contribution in [0.25, 0.3) is 55.6 Å². The summed E-state index contributed by atoms with van der Waals surface area (Å²) in [5, 5.41) is 9.41. The molecule has 1 aliphatic carbocycles. The van der Waals surface area contributed by atoms with Crippen LogP contribution in [0.1, 0.15) is 160 Å². The molecule has 118 heavy (non-hydrogen) atoms. The number of benzene rings is 5. The number of aromatic nitrogens is 5. The molecule has 0 amide bonds. The second-order valence-electron chi connectivity index (χ2n) is 29.0. The van der Waals surface area contributed by atoms with Gasteiger partial charge in [-0.1, -0.05) is 6.92 Å². The predicted octanol–water partition coefficient (Wildman–Crippen LogP) is 19.5. The molecule has 6 aliphatic rings. The molecule has 0 radical (unpaired) electrons. The minimum atomic E-state index is -2.69. The van der Waals surface area contributed by atoms with E-state index in [1.165, 1.54) is 101 Å². The zero-order chi connectivity index (χ0) is 84.8. The molecule has 0 spiro atoms. The van der Waals surface area contributed by atoms with E-state index in [0.717, 1.165) is 73.4 Å². The Labute approximate surface area is 667 Å². The van der Waals surface area contributed by atoms with Crippen molar-refractivity contribution in [3.8, 4) is 85.0 Å². The molecule has 5 aliphatic heterocycles. The van der Waals surface area contributed by atoms with Crippen LogP contribution < -0.4 is 23.7 Å². The largest absolute Gasteiger partial charge is 0.474 e. The summed E-state index contributed by atoms with van der Waals surface area (Å²) in [4.78, 5) is 79.3. The maximum absolute atomic E-state index is 14.3. The van der Waals surface area contributed by atoms with E-state index in [4.69, 9.17) is 23.7 Å². The SMILES string of the molecule is CC(=O)c1cc(-c2ccc(F)cc2F)c2c(n1)O[C@@H](C(F)F)CC2.CC(=O)c1cc(-c2ccc(F)cc2F)c2c(n1)O[C@@H](CF)CC2.CC(=O)c1cc(-c2ccc(F)cc2F)c2c(n1)O[C@@H](CO)[C@@H](C)C2.CC(=O)c1cc(-c2ccc(F)cc2F)c2c(n1)O[C@H](C1CC1)CC2.CC(=O)c1cc(-c2ccc(F)cc2F)c2c(n1)O[C@H](CF)CC2. The van der Waals surface area contributed by atoms with Gasteiger partial charge in [0.05, 0.1) is 6.61 Å². The number of nitrogens with zero attached hydrogens (tertiary/aromatic N) is 5. The first-order chi connectivity index (χ1) is 56.3. The molecule has 16 nitrogen and oxygen atoms in total. The average Bonchev–Trinajstić information content (AvgIpc) is 0.947. The van der Waals surface area contributed by atoms with Crippen LogP contribution in [0.3, 0.4) is 0 Å². The van der Waals surface area contributed by atoms with Gasteiger partial charge in [-0.25, -0.2) is 86.4 Å². The first kappa shape index (κ1) is 85.5. The Bertz CT molecular complexity index is 5300. The molecule has 16 rings (SSSR count). The molecule has 1 saturated carbocycles. The van der Waals surface area contributed by atoms with Crippen molar-refractivity contribution in [2.24, 2.45) is 11.8 Å². The predicted molar refractivity (Wildman–Crippen MR) is 404 cm³/mol. The summed E-state index contributed by atoms with van der Waals surface area (Å²) in [6.45, 7) is 7.10. The van der Waals surface area contributed by atoms with E-state index >= 15 is 0 Å². The van der Waals surface area contributed by atoms with Gasteiger partial charge < -0.3 is 28.8 Å². The highest BCUT2D eigenvalue weighted by atomic mass is 19.3. The molecule has 1 N–H and O–H groups in total. The molecular formula is C88H75F14N5O11. The fourth-order valence-electron chi connectivity index (χ4n) is 14.2. The van der Waals surface area contributed by atoms with Gasteiger partial charge in [-0.2, -0.15) is 0 Å². The third-order valence-electron chi connectivity index (χ3n) is 20.6. The number of hydrogen-bond donors (Lipinski definition) is 1. The van der Waals surface area contributed by atoms with Gasteiger partial charge in [-0.3, -0.25) is 24.0 Å². The smallest absolute Gasteiger partial charge is 0.274 e. The van der Waals surface area contributed by atoms with E-state index in [1.54, 1.807) is 6.07 Å². The second-order valence-corrected chi connectivity index (χ2v) is 29.0. The van der Waals surface area contributed by atoms with Crippen LogP contribution in [0, 0.1) is 70.0 Å². The standard InChI is InChI=1S/C19H17F2NO2.C18H17F2NO3.C17H13F4NO2.2C17H14F3NO2/c1-10(23)17-9-15(13-5-4-12(20)8-16(13)21)14-6-7-18(11-2-3-11)24-19(14)22-17;1-9-5-14-13(12-4-3-11(19)6-15(12)20)7-16(10(2)23)21-18(14)24-17(9)8-22;1-8(23)14-7-12(10-3-2-9(18)6-13(10)19)11-4-5-15(16(20)21)24-17(11)22-14;2*1-9(22)16-7-14(12-4-2-10(19)6-15(12)20)13-5-3-11(8-18)23-17(13)21-16/h4-5,8-9,11,18H,2-3,6-7H2,1H3;3-4,6-7,9,17,22H,5,8H2,1-2H3;2-3,6-7,15-16H,4-5H2,1H3;2*2,4,6-7,11H,3,5,8H2,1H3/t18-;9-,17-;15-;2*11-/m00110/s1. The van der Waals surface area contributed by atoms with Crippen molar-refractivity contribution in [1.82, 2.24) is 24.9 Å². The second kappa shape index (κ2) is 36.8. The Hall–Kier alpha value is -11.8. The van der Waals surface area contributed by atoms with Gasteiger partial charge in [-0.05, 0) is 201 Å². The number of aliphatic hydroxyl groups excluding tert-OH is 1. The summed E-state index contributed by atoms with van der Waals surface area (Å²) < 4.78 is 216. The number of hydrogen-bond acceptors (Lipinski definition) is 16. The first-order valence-electron chi connectivity index (χ1n) is 37.6. The van der Waals surface area contributed by atoms with Crippen molar-refractivity contribution in [1.29, 1.82) is 0 Å². The number of ether oxygens (including phenoxy) is 5. The zero-order valence-electron chi connectivity index (χ0n) is 64.1. The minimum Gasteiger partial charge on any atom is -0.474 e. The first-order valence-corrected chi connectivity index (χ1v) is 37.6. The van der Waals surface area contributed by atoms with E-state index < -0.39 is 108 Å². The monoisotopic (exact) mass is 1640 g/mol. The van der Waals surface area contributed by atoms with Gasteiger partial charge in [0, 0.05) is 121 Å². The van der Waals surface area contributed by atoms with Crippen LogP contribution in [0.15, 0.2) is 121 Å². The molecule has 1 fully saturated rings. The molecule has 5 aromatic heterocycles. The van der Waals surface area contributed by atoms with Gasteiger partial charge >= 0.3 is 0 Å². The Morgan fingerprint density at radius 2 is 0.644 bits per heavy atom. The van der Waals surface area contributed by atoms with Crippen molar-refractivity contribution >= 4 is 28.9 Å². The number of alkyl halides is 4. The lowest BCUT2D eigenvalue weighted by Crippen LogP contribution is -2.35. The number of rotatable bonds is 15. The van der Waals surface area contributed by atoms with E-state index in [2.05, 4.69) is 24.9 Å². The normalized spacial score (nSPS) is 17.8. The van der Waals surface area contributed by atoms with E-state index in [9.17, 15) is 90.5 Å². The number of ketones is 5. The summed E-state index contributed by atoms with van der Waals surface area (Å²) in [6.07, 6.45) is 0.831. The average molecular weight is 1640 g/mol. The summed E-state index contributed by atoms with van der Waals surface area (Å²) in [7, 11) is 0. The number of halogens is 14. The minimum absolute atomic E-state index is 0.00487. The summed E-state index contributed by atoms with van der Waals surface area (Å²) in [5.74, 6) is -7.21. The summed E-state index contributed by atoms with van der Waals surface area (Å²) in [6, 6.07) is 23.7. The molecule has 5 aromatic carbocycles. The van der Waals surface area contributed by atoms with Crippen LogP contribution in [0.4, 0.5) is 61.5 Å². The maximum atomic E-state index is 14.3. The molecule has 6 atom stereocenters. The van der Waals surface area contributed by atoms with Crippen molar-refractivity contribution in [3.63, 3.8) is 0 Å². The van der Waals surface area contributed by atoms with Crippen molar-refractivity contribution in [3.05, 3.63) is 236 Å². The molecule has 0 unspecified atom stereocenters. The quantitative estimate of drug-likeness (QED) is 0.0746. The third-order valence-corrected chi connectivity index (χ3v) is 20.6. The molecule has 30 heteroatoms. The molecule has 10 aromatic rings. The molecule has 616 valence electrons. The van der Waals surface area contributed by atoms with Crippen LogP contribution >= 0.6 is 0 Å². The lowest BCUT2D eigenvalue weighted by Gasteiger charge is -2.31. The third kappa shape index (κ3) is 19.6. The zero-order valence-corrected chi connectivity index (χ0v) is 64.1. The molecule has 0 saturated heterocycles. The topological polar surface area (TPSA) is 216 Å². The number of fused-ring (bicyclic) bond motifs is 5. The Kier molecular flexibility index (Phi) is 26.7. The Morgan fingerprint density at radius 3 is 0.924 bits per heavy atom. The van der Waals surface area contributed by atoms with Gasteiger partial charge in [0.1, 0.15) is 124 Å². The maximum Gasteiger partial charge on any atom is 0.274 e. The van der Waals surface area contributed by atoms with E-state index in [-0.39, 0.29) is 134 Å². The highest BCUT2D eigenvalue weighted by Gasteiger charge is 2.39. The van der Waals surface area contributed by atoms with Crippen LogP contribution in [0.2, 0.25) is 0 Å². The van der Waals surface area contributed by atoms with Crippen molar-refractivity contribution in [2.45, 2.75) is 149 Å². The Morgan fingerprint density at radius 1 is 0.364 bits per heavy atom. The fourth-order valence-corrected chi connectivity index (χ4v) is 14.2. The van der Waals surface area contributed by atoms with Crippen molar-refractivity contribution in [2.75, 3.05) is 20.0 Å². The lowest BCUT2D eigenvalue weighted by molar-refractivity contribution is -0.00215. The summed E-state index contributed by atoms with van der Waals surface area (Å²) >= 11 is 0. The van der Waals surface area contributed by atoms with Crippen molar-refractivity contribution < 1.29 is 114 Å². The molecule has 0 bridgehead atoms. The Balaban J connectivity index is 0.000000136. The van der Waals surface area contributed by atoms with Crippen LogP contribution in [-0.4, -0.2) is 116 Å². The van der Waals surface area contributed by atoms with Crippen LogP contribution in [0.5, 0.6) is 29.4 Å². The highest BCUT2D eigenvalue weighted by Crippen LogP contribution is 2.46. The number of pyridine rings is 5. The lowest BCUT2D eigenvalue weighted by atomic mass is 9.88. The number of aliphatic hydroxyl groups is 1. The number of carbonyl (C=O) groups excluding carboxylic acids is 5. The molecule has 10 heterocycles. The summed E-state index contributed by atoms with van der Waals surface area (Å²) in [5.41, 5.74) is 6.67. The highest BCUT2D eigenvalue weighted by molar-refractivity contribution is 5.97. The van der Waals surface area contributed by atoms with Gasteiger partial charge in [0.2, 0.25) is 29.4 Å². The van der Waals surface area contributed by atoms with E-state index in [1.807, 2.05) is 6.92 Å². The van der Waals surface area contributed by atoms with Gasteiger partial charge in [-0.15, -0.1) is 0 Å². The fraction of sp³-hybridized carbons (Fsp3) is 0.318. The number of carbonyl (C=O) groups is 5. The van der Waals surface area contributed by atoms with Crippen LogP contribution in [-0.2, 0) is 32.1 Å². The van der Waals surface area contributed by atoms with Gasteiger partial charge in [0.15, 0.2) is 35.0 Å². The van der Waals surface area contributed by atoms with E-state index in [0.29, 0.717) is 100 Å². The molecular weight excluding hydrogens is 1570 g/mol. The number of Topliss-reactive ketones (excluding diaryl/α,β-unsaturated/α-hetero) is 5.